The lowest BCUT2D eigenvalue weighted by molar-refractivity contribution is 0.365. The minimum Gasteiger partial charge on any atom is -0.329 e. The van der Waals surface area contributed by atoms with Crippen molar-refractivity contribution in [3.8, 4) is 0 Å². The molecule has 0 heterocycles. The van der Waals surface area contributed by atoms with Crippen molar-refractivity contribution in [2.75, 3.05) is 19.4 Å². The van der Waals surface area contributed by atoms with Gasteiger partial charge in [0.05, 0.1) is 5.69 Å². The summed E-state index contributed by atoms with van der Waals surface area (Å²) in [5.41, 5.74) is 3.17. The van der Waals surface area contributed by atoms with Crippen molar-refractivity contribution in [3.05, 3.63) is 30.1 Å². The van der Waals surface area contributed by atoms with Gasteiger partial charge < -0.3 is 5.32 Å². The van der Waals surface area contributed by atoms with Crippen molar-refractivity contribution in [2.24, 2.45) is 0 Å². The first-order valence-corrected chi connectivity index (χ1v) is 4.50. The van der Waals surface area contributed by atoms with Crippen molar-refractivity contribution < 1.29 is 4.39 Å². The van der Waals surface area contributed by atoms with E-state index >= 15 is 0 Å². The molecule has 3 nitrogen and oxygen atoms in total. The Bertz CT molecular complexity index is 328. The Morgan fingerprint density at radius 3 is 2.57 bits per heavy atom. The van der Waals surface area contributed by atoms with Crippen LogP contribution in [0.15, 0.2) is 24.3 Å². The van der Waals surface area contributed by atoms with Crippen molar-refractivity contribution in [3.63, 3.8) is 0 Å². The molecule has 1 aromatic carbocycles. The van der Waals surface area contributed by atoms with Crippen LogP contribution in [-0.2, 0) is 0 Å². The van der Waals surface area contributed by atoms with E-state index in [4.69, 9.17) is 12.2 Å². The molecule has 0 radical (unpaired) electrons. The van der Waals surface area contributed by atoms with Crippen LogP contribution in [-0.4, -0.2) is 24.2 Å². The van der Waals surface area contributed by atoms with Gasteiger partial charge in [0, 0.05) is 14.1 Å². The number of thiocarbonyl (C=S) groups is 1. The average molecular weight is 213 g/mol. The predicted octanol–water partition coefficient (Wildman–Crippen LogP) is 1.59. The van der Waals surface area contributed by atoms with Crippen LogP contribution in [0, 0.1) is 5.82 Å². The number of benzene rings is 1. The Morgan fingerprint density at radius 2 is 2.00 bits per heavy atom. The number of hydrogen-bond acceptors (Lipinski definition) is 2. The maximum absolute atomic E-state index is 13.1. The first-order chi connectivity index (χ1) is 6.59. The molecule has 76 valence electrons. The predicted molar refractivity (Wildman–Crippen MR) is 59.4 cm³/mol. The van der Waals surface area contributed by atoms with Gasteiger partial charge >= 0.3 is 0 Å². The Morgan fingerprint density at radius 1 is 1.36 bits per heavy atom. The molecule has 0 atom stereocenters. The minimum absolute atomic E-state index is 0.324. The lowest BCUT2D eigenvalue weighted by Gasteiger charge is -2.15. The topological polar surface area (TPSA) is 27.3 Å². The second kappa shape index (κ2) is 4.88. The van der Waals surface area contributed by atoms with Crippen molar-refractivity contribution in [1.82, 2.24) is 10.4 Å². The lowest BCUT2D eigenvalue weighted by atomic mass is 10.3. The number of anilines is 1. The van der Waals surface area contributed by atoms with Crippen LogP contribution in [0.4, 0.5) is 10.1 Å². The Balaban J connectivity index is 2.61. The number of rotatable bonds is 2. The van der Waals surface area contributed by atoms with E-state index in [0.717, 1.165) is 0 Å². The van der Waals surface area contributed by atoms with Gasteiger partial charge in [0.15, 0.2) is 5.11 Å². The van der Waals surface area contributed by atoms with Gasteiger partial charge in [0.1, 0.15) is 5.82 Å². The van der Waals surface area contributed by atoms with E-state index in [9.17, 15) is 4.39 Å². The summed E-state index contributed by atoms with van der Waals surface area (Å²) >= 11 is 4.94. The Kier molecular flexibility index (Phi) is 3.79. The maximum Gasteiger partial charge on any atom is 0.185 e. The van der Waals surface area contributed by atoms with Crippen LogP contribution in [0.1, 0.15) is 0 Å². The van der Waals surface area contributed by atoms with Crippen LogP contribution >= 0.6 is 12.2 Å². The van der Waals surface area contributed by atoms with Crippen molar-refractivity contribution in [1.29, 1.82) is 0 Å². The van der Waals surface area contributed by atoms with Crippen molar-refractivity contribution >= 4 is 23.0 Å². The van der Waals surface area contributed by atoms with E-state index in [1.165, 1.54) is 6.07 Å². The quantitative estimate of drug-likeness (QED) is 0.576. The molecule has 0 bridgehead atoms. The maximum atomic E-state index is 13.1. The van der Waals surface area contributed by atoms with Crippen LogP contribution in [0.3, 0.4) is 0 Å². The van der Waals surface area contributed by atoms with Crippen LogP contribution in [0.5, 0.6) is 0 Å². The van der Waals surface area contributed by atoms with Crippen LogP contribution in [0.2, 0.25) is 0 Å². The van der Waals surface area contributed by atoms with E-state index in [1.54, 1.807) is 37.3 Å². The standard InChI is InChI=1S/C9H12FN3S/c1-13(2)12-9(14)11-8-6-4-3-5-7(8)10/h3-6H,1-2H3,(H2,11,12,14). The van der Waals surface area contributed by atoms with Crippen molar-refractivity contribution in [2.45, 2.75) is 0 Å². The fraction of sp³-hybridized carbons (Fsp3) is 0.222. The molecule has 0 aliphatic rings. The van der Waals surface area contributed by atoms with E-state index in [0.29, 0.717) is 10.8 Å². The summed E-state index contributed by atoms with van der Waals surface area (Å²) in [5, 5.41) is 4.78. The number of halogens is 1. The fourth-order valence-corrected chi connectivity index (χ4v) is 1.21. The molecule has 0 unspecified atom stereocenters. The number of hydrogen-bond donors (Lipinski definition) is 2. The second-order valence-electron chi connectivity index (χ2n) is 2.94. The summed E-state index contributed by atoms with van der Waals surface area (Å²) in [7, 11) is 3.60. The molecule has 0 aliphatic carbocycles. The fourth-order valence-electron chi connectivity index (χ4n) is 0.916. The normalized spacial score (nSPS) is 10.0. The molecule has 14 heavy (non-hydrogen) atoms. The summed E-state index contributed by atoms with van der Waals surface area (Å²) in [6.45, 7) is 0. The van der Waals surface area contributed by atoms with Crippen LogP contribution in [0.25, 0.3) is 0 Å². The molecule has 0 saturated carbocycles. The highest BCUT2D eigenvalue weighted by Crippen LogP contribution is 2.11. The highest BCUT2D eigenvalue weighted by molar-refractivity contribution is 7.80. The monoisotopic (exact) mass is 213 g/mol. The third-order valence-corrected chi connectivity index (χ3v) is 1.64. The molecule has 1 rings (SSSR count). The highest BCUT2D eigenvalue weighted by Gasteiger charge is 2.02. The Labute approximate surface area is 87.9 Å². The Hall–Kier alpha value is -1.20. The first-order valence-electron chi connectivity index (χ1n) is 4.09. The zero-order chi connectivity index (χ0) is 10.6. The number of nitrogens with zero attached hydrogens (tertiary/aromatic N) is 1. The average Bonchev–Trinajstić information content (AvgIpc) is 2.07. The molecule has 0 saturated heterocycles. The number of para-hydroxylation sites is 1. The molecule has 0 fully saturated rings. The smallest absolute Gasteiger partial charge is 0.185 e. The molecule has 0 spiro atoms. The van der Waals surface area contributed by atoms with Gasteiger partial charge in [-0.25, -0.2) is 9.40 Å². The largest absolute Gasteiger partial charge is 0.329 e. The lowest BCUT2D eigenvalue weighted by Crippen LogP contribution is -2.39. The third kappa shape index (κ3) is 3.27. The summed E-state index contributed by atoms with van der Waals surface area (Å²) in [4.78, 5) is 0. The summed E-state index contributed by atoms with van der Waals surface area (Å²) in [6, 6.07) is 6.37. The summed E-state index contributed by atoms with van der Waals surface area (Å²) in [6.07, 6.45) is 0. The van der Waals surface area contributed by atoms with Gasteiger partial charge in [-0.15, -0.1) is 0 Å². The van der Waals surface area contributed by atoms with Gasteiger partial charge in [-0.05, 0) is 24.4 Å². The molecular weight excluding hydrogens is 201 g/mol. The first kappa shape index (κ1) is 10.9. The molecule has 5 heteroatoms. The van der Waals surface area contributed by atoms with Crippen LogP contribution < -0.4 is 10.7 Å². The van der Waals surface area contributed by atoms with E-state index in [1.807, 2.05) is 0 Å². The number of nitrogens with one attached hydrogen (secondary N) is 2. The zero-order valence-electron chi connectivity index (χ0n) is 8.04. The van der Waals surface area contributed by atoms with E-state index in [-0.39, 0.29) is 5.82 Å². The SMILES string of the molecule is CN(C)NC(=S)Nc1ccccc1F. The highest BCUT2D eigenvalue weighted by atomic mass is 32.1. The molecule has 2 N–H and O–H groups in total. The van der Waals surface area contributed by atoms with Gasteiger partial charge in [-0.3, -0.25) is 5.43 Å². The molecule has 0 amide bonds. The van der Waals surface area contributed by atoms with Gasteiger partial charge in [-0.2, -0.15) is 0 Å². The second-order valence-corrected chi connectivity index (χ2v) is 3.35. The van der Waals surface area contributed by atoms with Gasteiger partial charge in [-0.1, -0.05) is 12.1 Å². The molecule has 0 aliphatic heterocycles. The van der Waals surface area contributed by atoms with Gasteiger partial charge in [0.25, 0.3) is 0 Å². The number of hydrazine groups is 1. The zero-order valence-corrected chi connectivity index (χ0v) is 8.86. The molecule has 0 aromatic heterocycles. The van der Waals surface area contributed by atoms with E-state index in [2.05, 4.69) is 10.7 Å². The summed E-state index contributed by atoms with van der Waals surface area (Å²) < 4.78 is 13.1. The minimum atomic E-state index is -0.324. The molecule has 1 aromatic rings. The molecular formula is C9H12FN3S. The van der Waals surface area contributed by atoms with Gasteiger partial charge in [0.2, 0.25) is 0 Å². The summed E-state index contributed by atoms with van der Waals surface area (Å²) in [5.74, 6) is -0.324. The van der Waals surface area contributed by atoms with E-state index < -0.39 is 0 Å². The third-order valence-electron chi connectivity index (χ3n) is 1.45.